The Bertz CT molecular complexity index is 355. The SMILES string of the molecule is CCc1nc(NN)cc(N(C)C(C)CC(C)C)n1. The zero-order chi connectivity index (χ0) is 13.7. The molecular weight excluding hydrogens is 226 g/mol. The van der Waals surface area contributed by atoms with Crippen LogP contribution in [0, 0.1) is 5.92 Å². The number of nitrogens with two attached hydrogens (primary N) is 1. The van der Waals surface area contributed by atoms with E-state index in [1.54, 1.807) is 0 Å². The maximum atomic E-state index is 5.44. The van der Waals surface area contributed by atoms with Gasteiger partial charge in [-0.2, -0.15) is 0 Å². The highest BCUT2D eigenvalue weighted by atomic mass is 15.3. The second-order valence-corrected chi connectivity index (χ2v) is 5.11. The molecule has 0 bridgehead atoms. The fourth-order valence-corrected chi connectivity index (χ4v) is 1.96. The molecule has 102 valence electrons. The molecule has 1 unspecified atom stereocenters. The van der Waals surface area contributed by atoms with Crippen LogP contribution in [0.5, 0.6) is 0 Å². The third kappa shape index (κ3) is 3.84. The Labute approximate surface area is 110 Å². The first-order valence-electron chi connectivity index (χ1n) is 6.55. The van der Waals surface area contributed by atoms with E-state index >= 15 is 0 Å². The van der Waals surface area contributed by atoms with Crippen molar-refractivity contribution < 1.29 is 0 Å². The van der Waals surface area contributed by atoms with Crippen molar-refractivity contribution in [2.45, 2.75) is 46.6 Å². The number of aryl methyl sites for hydroxylation is 1. The molecule has 5 heteroatoms. The molecule has 0 fully saturated rings. The number of anilines is 2. The lowest BCUT2D eigenvalue weighted by Crippen LogP contribution is -2.31. The van der Waals surface area contributed by atoms with E-state index in [0.29, 0.717) is 17.8 Å². The first-order valence-corrected chi connectivity index (χ1v) is 6.55. The number of aromatic nitrogens is 2. The summed E-state index contributed by atoms with van der Waals surface area (Å²) in [6.45, 7) is 8.71. The maximum Gasteiger partial charge on any atom is 0.145 e. The summed E-state index contributed by atoms with van der Waals surface area (Å²) in [4.78, 5) is 11.0. The van der Waals surface area contributed by atoms with Gasteiger partial charge in [-0.25, -0.2) is 15.8 Å². The summed E-state index contributed by atoms with van der Waals surface area (Å²) in [6, 6.07) is 2.32. The van der Waals surface area contributed by atoms with Crippen LogP contribution < -0.4 is 16.2 Å². The zero-order valence-electron chi connectivity index (χ0n) is 12.1. The number of nitrogens with zero attached hydrogens (tertiary/aromatic N) is 3. The smallest absolute Gasteiger partial charge is 0.145 e. The van der Waals surface area contributed by atoms with E-state index in [1.807, 2.05) is 13.0 Å². The van der Waals surface area contributed by atoms with Crippen molar-refractivity contribution in [3.05, 3.63) is 11.9 Å². The molecule has 1 heterocycles. The first-order chi connectivity index (χ1) is 8.47. The summed E-state index contributed by atoms with van der Waals surface area (Å²) in [5.74, 6) is 8.50. The minimum Gasteiger partial charge on any atom is -0.357 e. The third-order valence-electron chi connectivity index (χ3n) is 3.06. The number of nitrogen functional groups attached to an aromatic ring is 1. The fraction of sp³-hybridized carbons (Fsp3) is 0.692. The molecule has 18 heavy (non-hydrogen) atoms. The van der Waals surface area contributed by atoms with Crippen LogP contribution in [0.2, 0.25) is 0 Å². The molecule has 1 rings (SSSR count). The van der Waals surface area contributed by atoms with Crippen LogP contribution in [0.4, 0.5) is 11.6 Å². The summed E-state index contributed by atoms with van der Waals surface area (Å²) in [5.41, 5.74) is 2.60. The van der Waals surface area contributed by atoms with Crippen LogP contribution in [0.3, 0.4) is 0 Å². The van der Waals surface area contributed by atoms with Gasteiger partial charge in [-0.15, -0.1) is 0 Å². The van der Waals surface area contributed by atoms with Crippen LogP contribution in [-0.2, 0) is 6.42 Å². The summed E-state index contributed by atoms with van der Waals surface area (Å²) in [7, 11) is 2.06. The average Bonchev–Trinajstić information content (AvgIpc) is 2.36. The zero-order valence-corrected chi connectivity index (χ0v) is 12.1. The lowest BCUT2D eigenvalue weighted by atomic mass is 10.0. The van der Waals surface area contributed by atoms with Gasteiger partial charge in [-0.3, -0.25) is 0 Å². The molecule has 1 aromatic heterocycles. The molecule has 0 aromatic carbocycles. The van der Waals surface area contributed by atoms with Gasteiger partial charge in [0.05, 0.1) is 0 Å². The van der Waals surface area contributed by atoms with Crippen molar-refractivity contribution >= 4 is 11.6 Å². The van der Waals surface area contributed by atoms with E-state index in [2.05, 4.69) is 48.1 Å². The molecule has 0 spiro atoms. The maximum absolute atomic E-state index is 5.44. The van der Waals surface area contributed by atoms with Crippen LogP contribution in [-0.4, -0.2) is 23.1 Å². The standard InChI is InChI=1S/C13H25N5/c1-6-11-15-12(17-14)8-13(16-11)18(5)10(4)7-9(2)3/h8-10H,6-7,14H2,1-5H3,(H,15,16,17). The van der Waals surface area contributed by atoms with Crippen molar-refractivity contribution in [3.63, 3.8) is 0 Å². The van der Waals surface area contributed by atoms with Crippen molar-refractivity contribution in [2.24, 2.45) is 11.8 Å². The molecule has 0 aliphatic carbocycles. The topological polar surface area (TPSA) is 67.1 Å². The molecule has 0 amide bonds. The second kappa shape index (κ2) is 6.54. The molecule has 0 aliphatic rings. The van der Waals surface area contributed by atoms with Crippen molar-refractivity contribution in [3.8, 4) is 0 Å². The van der Waals surface area contributed by atoms with E-state index < -0.39 is 0 Å². The van der Waals surface area contributed by atoms with Gasteiger partial charge >= 0.3 is 0 Å². The fourth-order valence-electron chi connectivity index (χ4n) is 1.96. The predicted octanol–water partition coefficient (Wildman–Crippen LogP) is 2.20. The summed E-state index contributed by atoms with van der Waals surface area (Å²) in [5, 5.41) is 0. The Kier molecular flexibility index (Phi) is 5.34. The van der Waals surface area contributed by atoms with Gasteiger partial charge in [-0.1, -0.05) is 20.8 Å². The normalized spacial score (nSPS) is 12.6. The summed E-state index contributed by atoms with van der Waals surface area (Å²) < 4.78 is 0. The Morgan fingerprint density at radius 1 is 1.33 bits per heavy atom. The Balaban J connectivity index is 2.93. The molecule has 5 nitrogen and oxygen atoms in total. The molecule has 3 N–H and O–H groups in total. The average molecular weight is 251 g/mol. The molecule has 1 atom stereocenters. The van der Waals surface area contributed by atoms with E-state index in [9.17, 15) is 0 Å². The number of hydrogen-bond acceptors (Lipinski definition) is 5. The van der Waals surface area contributed by atoms with E-state index in [0.717, 1.165) is 24.5 Å². The van der Waals surface area contributed by atoms with Gasteiger partial charge in [0.1, 0.15) is 17.5 Å². The van der Waals surface area contributed by atoms with Gasteiger partial charge in [0, 0.05) is 25.6 Å². The van der Waals surface area contributed by atoms with E-state index in [1.165, 1.54) is 0 Å². The molecule has 1 aromatic rings. The Morgan fingerprint density at radius 3 is 2.50 bits per heavy atom. The van der Waals surface area contributed by atoms with Gasteiger partial charge in [0.15, 0.2) is 0 Å². The molecule has 0 radical (unpaired) electrons. The quantitative estimate of drug-likeness (QED) is 0.599. The predicted molar refractivity (Wildman–Crippen MR) is 76.5 cm³/mol. The number of hydrogen-bond donors (Lipinski definition) is 2. The molecule has 0 saturated carbocycles. The minimum absolute atomic E-state index is 0.440. The van der Waals surface area contributed by atoms with Crippen LogP contribution in [0.1, 0.15) is 39.9 Å². The van der Waals surface area contributed by atoms with E-state index in [-0.39, 0.29) is 0 Å². The van der Waals surface area contributed by atoms with Gasteiger partial charge in [0.25, 0.3) is 0 Å². The van der Waals surface area contributed by atoms with E-state index in [4.69, 9.17) is 5.84 Å². The second-order valence-electron chi connectivity index (χ2n) is 5.11. The van der Waals surface area contributed by atoms with Crippen LogP contribution in [0.25, 0.3) is 0 Å². The lowest BCUT2D eigenvalue weighted by molar-refractivity contribution is 0.501. The summed E-state index contributed by atoms with van der Waals surface area (Å²) >= 11 is 0. The third-order valence-corrected chi connectivity index (χ3v) is 3.06. The lowest BCUT2D eigenvalue weighted by Gasteiger charge is -2.27. The van der Waals surface area contributed by atoms with Gasteiger partial charge in [0.2, 0.25) is 0 Å². The van der Waals surface area contributed by atoms with Crippen molar-refractivity contribution in [1.29, 1.82) is 0 Å². The highest BCUT2D eigenvalue weighted by Crippen LogP contribution is 2.19. The number of nitrogens with one attached hydrogen (secondary N) is 1. The molecular formula is C13H25N5. The number of hydrazine groups is 1. The Morgan fingerprint density at radius 2 is 2.00 bits per heavy atom. The van der Waals surface area contributed by atoms with Crippen molar-refractivity contribution in [2.75, 3.05) is 17.4 Å². The first kappa shape index (κ1) is 14.7. The molecule has 0 saturated heterocycles. The highest BCUT2D eigenvalue weighted by Gasteiger charge is 2.14. The Hall–Kier alpha value is -1.36. The van der Waals surface area contributed by atoms with Gasteiger partial charge < -0.3 is 10.3 Å². The number of rotatable bonds is 6. The highest BCUT2D eigenvalue weighted by molar-refractivity contribution is 5.49. The summed E-state index contributed by atoms with van der Waals surface area (Å²) in [6.07, 6.45) is 1.93. The van der Waals surface area contributed by atoms with Gasteiger partial charge in [-0.05, 0) is 19.3 Å². The monoisotopic (exact) mass is 251 g/mol. The minimum atomic E-state index is 0.440. The van der Waals surface area contributed by atoms with Crippen LogP contribution >= 0.6 is 0 Å². The van der Waals surface area contributed by atoms with Crippen LogP contribution in [0.15, 0.2) is 6.07 Å². The molecule has 0 aliphatic heterocycles. The largest absolute Gasteiger partial charge is 0.357 e. The van der Waals surface area contributed by atoms with Crippen molar-refractivity contribution in [1.82, 2.24) is 9.97 Å².